The Kier molecular flexibility index (Phi) is 7.11. The van der Waals surface area contributed by atoms with Crippen molar-refractivity contribution < 1.29 is 18.7 Å². The zero-order chi connectivity index (χ0) is 18.9. The first-order valence-corrected chi connectivity index (χ1v) is 8.15. The number of hydrogen-bond acceptors (Lipinski definition) is 4. The standard InChI is InChI=1S/C18H17ClFN3O3/c1-2-21-17(24)18(25)23-22-10-13-9-14(19)5-8-16(13)26-11-12-3-6-15(20)7-4-12/h3-10H,2,11H2,1H3,(H,21,24)(H,23,25)/b22-10-. The van der Waals surface area contributed by atoms with Crippen molar-refractivity contribution in [3.8, 4) is 5.75 Å². The molecule has 136 valence electrons. The van der Waals surface area contributed by atoms with Crippen molar-refractivity contribution in [3.63, 3.8) is 0 Å². The van der Waals surface area contributed by atoms with E-state index in [0.717, 1.165) is 5.56 Å². The van der Waals surface area contributed by atoms with Crippen LogP contribution in [-0.2, 0) is 16.2 Å². The highest BCUT2D eigenvalue weighted by atomic mass is 35.5. The highest BCUT2D eigenvalue weighted by molar-refractivity contribution is 6.35. The zero-order valence-electron chi connectivity index (χ0n) is 14.0. The topological polar surface area (TPSA) is 79.8 Å². The number of halogens is 2. The molecular weight excluding hydrogens is 361 g/mol. The first-order valence-electron chi connectivity index (χ1n) is 7.77. The molecule has 0 aliphatic heterocycles. The van der Waals surface area contributed by atoms with Gasteiger partial charge in [0, 0.05) is 17.1 Å². The van der Waals surface area contributed by atoms with E-state index >= 15 is 0 Å². The number of ether oxygens (including phenoxy) is 1. The number of carbonyl (C=O) groups excluding carboxylic acids is 2. The summed E-state index contributed by atoms with van der Waals surface area (Å²) in [5.74, 6) is -1.51. The van der Waals surface area contributed by atoms with Crippen LogP contribution in [-0.4, -0.2) is 24.6 Å². The van der Waals surface area contributed by atoms with Gasteiger partial charge in [0.25, 0.3) is 0 Å². The number of nitrogens with one attached hydrogen (secondary N) is 2. The van der Waals surface area contributed by atoms with E-state index in [9.17, 15) is 14.0 Å². The second kappa shape index (κ2) is 9.53. The van der Waals surface area contributed by atoms with Crippen molar-refractivity contribution in [1.82, 2.24) is 10.7 Å². The van der Waals surface area contributed by atoms with Crippen molar-refractivity contribution in [3.05, 3.63) is 64.4 Å². The molecule has 8 heteroatoms. The summed E-state index contributed by atoms with van der Waals surface area (Å²) in [7, 11) is 0. The molecule has 2 aromatic rings. The molecule has 0 radical (unpaired) electrons. The first-order chi connectivity index (χ1) is 12.5. The Labute approximate surface area is 155 Å². The molecular formula is C18H17ClFN3O3. The second-order valence-electron chi connectivity index (χ2n) is 5.16. The van der Waals surface area contributed by atoms with Gasteiger partial charge in [-0.25, -0.2) is 9.82 Å². The third-order valence-corrected chi connectivity index (χ3v) is 3.43. The van der Waals surface area contributed by atoms with E-state index in [1.807, 2.05) is 0 Å². The average Bonchev–Trinajstić information content (AvgIpc) is 2.62. The lowest BCUT2D eigenvalue weighted by molar-refractivity contribution is -0.139. The minimum atomic E-state index is -0.876. The van der Waals surface area contributed by atoms with E-state index < -0.39 is 11.8 Å². The lowest BCUT2D eigenvalue weighted by atomic mass is 10.2. The Morgan fingerprint density at radius 3 is 2.62 bits per heavy atom. The van der Waals surface area contributed by atoms with Crippen LogP contribution in [0.1, 0.15) is 18.1 Å². The summed E-state index contributed by atoms with van der Waals surface area (Å²) in [5.41, 5.74) is 3.42. The van der Waals surface area contributed by atoms with E-state index in [4.69, 9.17) is 16.3 Å². The quantitative estimate of drug-likeness (QED) is 0.461. The van der Waals surface area contributed by atoms with Crippen molar-refractivity contribution in [2.24, 2.45) is 5.10 Å². The van der Waals surface area contributed by atoms with Crippen LogP contribution >= 0.6 is 11.6 Å². The molecule has 2 N–H and O–H groups in total. The van der Waals surface area contributed by atoms with Crippen molar-refractivity contribution in [1.29, 1.82) is 0 Å². The SMILES string of the molecule is CCNC(=O)C(=O)N/N=C\c1cc(Cl)ccc1OCc1ccc(F)cc1. The molecule has 0 unspecified atom stereocenters. The van der Waals surface area contributed by atoms with Crippen LogP contribution in [0.25, 0.3) is 0 Å². The largest absolute Gasteiger partial charge is 0.488 e. The highest BCUT2D eigenvalue weighted by Crippen LogP contribution is 2.22. The molecule has 2 aromatic carbocycles. The number of likely N-dealkylation sites (N-methyl/N-ethyl adjacent to an activating group) is 1. The summed E-state index contributed by atoms with van der Waals surface area (Å²) >= 11 is 5.97. The second-order valence-corrected chi connectivity index (χ2v) is 5.59. The van der Waals surface area contributed by atoms with Gasteiger partial charge in [-0.1, -0.05) is 23.7 Å². The van der Waals surface area contributed by atoms with Gasteiger partial charge >= 0.3 is 11.8 Å². The van der Waals surface area contributed by atoms with Gasteiger partial charge in [0.05, 0.1) is 6.21 Å². The van der Waals surface area contributed by atoms with E-state index in [-0.39, 0.29) is 12.4 Å². The van der Waals surface area contributed by atoms with Gasteiger partial charge in [-0.2, -0.15) is 5.10 Å². The zero-order valence-corrected chi connectivity index (χ0v) is 14.7. The molecule has 0 heterocycles. The van der Waals surface area contributed by atoms with Gasteiger partial charge in [-0.3, -0.25) is 9.59 Å². The number of nitrogens with zero attached hydrogens (tertiary/aromatic N) is 1. The van der Waals surface area contributed by atoms with E-state index in [1.54, 1.807) is 37.3 Å². The van der Waals surface area contributed by atoms with E-state index in [1.165, 1.54) is 18.3 Å². The van der Waals surface area contributed by atoms with Gasteiger partial charge in [0.15, 0.2) is 0 Å². The molecule has 2 amide bonds. The van der Waals surface area contributed by atoms with E-state index in [2.05, 4.69) is 15.8 Å². The number of benzene rings is 2. The van der Waals surface area contributed by atoms with Crippen LogP contribution in [0.4, 0.5) is 4.39 Å². The fourth-order valence-corrected chi connectivity index (χ4v) is 2.13. The normalized spacial score (nSPS) is 10.6. The van der Waals surface area contributed by atoms with Gasteiger partial charge in [0.2, 0.25) is 0 Å². The molecule has 0 saturated heterocycles. The molecule has 0 aromatic heterocycles. The molecule has 0 aliphatic carbocycles. The lowest BCUT2D eigenvalue weighted by Crippen LogP contribution is -2.37. The Hall–Kier alpha value is -2.93. The lowest BCUT2D eigenvalue weighted by Gasteiger charge is -2.09. The van der Waals surface area contributed by atoms with Crippen LogP contribution in [0, 0.1) is 5.82 Å². The summed E-state index contributed by atoms with van der Waals surface area (Å²) in [6, 6.07) is 10.8. The smallest absolute Gasteiger partial charge is 0.329 e. The Bertz CT molecular complexity index is 810. The summed E-state index contributed by atoms with van der Waals surface area (Å²) in [6.45, 7) is 2.25. The first kappa shape index (κ1) is 19.4. The van der Waals surface area contributed by atoms with Crippen LogP contribution in [0.5, 0.6) is 5.75 Å². The maximum absolute atomic E-state index is 12.9. The van der Waals surface area contributed by atoms with Crippen LogP contribution in [0.2, 0.25) is 5.02 Å². The number of rotatable bonds is 6. The molecule has 0 saturated carbocycles. The predicted molar refractivity (Wildman–Crippen MR) is 96.6 cm³/mol. The molecule has 0 atom stereocenters. The Balaban J connectivity index is 2.04. The Morgan fingerprint density at radius 2 is 1.92 bits per heavy atom. The predicted octanol–water partition coefficient (Wildman–Crippen LogP) is 2.64. The van der Waals surface area contributed by atoms with Gasteiger partial charge < -0.3 is 10.1 Å². The van der Waals surface area contributed by atoms with Crippen molar-refractivity contribution in [2.45, 2.75) is 13.5 Å². The number of hydrogen-bond donors (Lipinski definition) is 2. The highest BCUT2D eigenvalue weighted by Gasteiger charge is 2.10. The number of carbonyl (C=O) groups is 2. The average molecular weight is 378 g/mol. The third-order valence-electron chi connectivity index (χ3n) is 3.19. The maximum atomic E-state index is 12.9. The molecule has 0 aliphatic rings. The van der Waals surface area contributed by atoms with Gasteiger partial charge in [0.1, 0.15) is 18.2 Å². The van der Waals surface area contributed by atoms with E-state index in [0.29, 0.717) is 22.9 Å². The van der Waals surface area contributed by atoms with Crippen LogP contribution in [0.15, 0.2) is 47.6 Å². The molecule has 26 heavy (non-hydrogen) atoms. The van der Waals surface area contributed by atoms with Gasteiger partial charge in [-0.15, -0.1) is 0 Å². The number of hydrazone groups is 1. The minimum Gasteiger partial charge on any atom is -0.488 e. The summed E-state index contributed by atoms with van der Waals surface area (Å²) < 4.78 is 18.6. The van der Waals surface area contributed by atoms with Gasteiger partial charge in [-0.05, 0) is 42.8 Å². The van der Waals surface area contributed by atoms with Crippen LogP contribution < -0.4 is 15.5 Å². The summed E-state index contributed by atoms with van der Waals surface area (Å²) in [4.78, 5) is 22.8. The molecule has 0 bridgehead atoms. The maximum Gasteiger partial charge on any atom is 0.329 e. The van der Waals surface area contributed by atoms with Crippen molar-refractivity contribution in [2.75, 3.05) is 6.54 Å². The minimum absolute atomic E-state index is 0.216. The Morgan fingerprint density at radius 1 is 1.19 bits per heavy atom. The third kappa shape index (κ3) is 5.86. The summed E-state index contributed by atoms with van der Waals surface area (Å²) in [6.07, 6.45) is 1.32. The van der Waals surface area contributed by atoms with Crippen LogP contribution in [0.3, 0.4) is 0 Å². The van der Waals surface area contributed by atoms with Crippen molar-refractivity contribution >= 4 is 29.6 Å². The fourth-order valence-electron chi connectivity index (χ4n) is 1.95. The number of amides is 2. The molecule has 2 rings (SSSR count). The molecule has 6 nitrogen and oxygen atoms in total. The molecule has 0 fully saturated rings. The fraction of sp³-hybridized carbons (Fsp3) is 0.167. The monoisotopic (exact) mass is 377 g/mol. The summed E-state index contributed by atoms with van der Waals surface area (Å²) in [5, 5.41) is 6.55. The molecule has 0 spiro atoms.